The Morgan fingerprint density at radius 3 is 2.61 bits per heavy atom. The van der Waals surface area contributed by atoms with Crippen LogP contribution in [0.4, 0.5) is 0 Å². The second-order valence-corrected chi connectivity index (χ2v) is 6.89. The molecule has 1 atom stereocenters. The van der Waals surface area contributed by atoms with Crippen molar-refractivity contribution in [2.45, 2.75) is 58.4 Å². The number of rotatable bonds is 7. The van der Waals surface area contributed by atoms with E-state index in [1.54, 1.807) is 0 Å². The molecule has 0 heterocycles. The summed E-state index contributed by atoms with van der Waals surface area (Å²) >= 11 is 1.87. The number of nitrogens with two attached hydrogens (primary N) is 1. The van der Waals surface area contributed by atoms with Crippen LogP contribution in [0.15, 0.2) is 0 Å². The maximum Gasteiger partial charge on any atom is 0.220 e. The monoisotopic (exact) mass is 272 g/mol. The average molecular weight is 272 g/mol. The van der Waals surface area contributed by atoms with E-state index >= 15 is 0 Å². The zero-order chi connectivity index (χ0) is 13.4. The van der Waals surface area contributed by atoms with Gasteiger partial charge in [-0.2, -0.15) is 11.8 Å². The van der Waals surface area contributed by atoms with E-state index in [-0.39, 0.29) is 17.4 Å². The first-order chi connectivity index (χ1) is 8.62. The third kappa shape index (κ3) is 5.19. The van der Waals surface area contributed by atoms with Crippen molar-refractivity contribution in [3.8, 4) is 0 Å². The summed E-state index contributed by atoms with van der Waals surface area (Å²) in [5.74, 6) is 2.29. The van der Waals surface area contributed by atoms with Crippen LogP contribution in [0.2, 0.25) is 0 Å². The molecule has 0 aromatic heterocycles. The molecule has 1 amide bonds. The summed E-state index contributed by atoms with van der Waals surface area (Å²) in [6.45, 7) is 4.87. The van der Waals surface area contributed by atoms with E-state index in [9.17, 15) is 4.79 Å². The number of thioether (sulfide) groups is 1. The number of carbonyl (C=O) groups is 1. The second-order valence-electron chi connectivity index (χ2n) is 5.57. The lowest BCUT2D eigenvalue weighted by atomic mass is 9.71. The lowest BCUT2D eigenvalue weighted by Gasteiger charge is -2.36. The molecule has 0 aromatic rings. The van der Waals surface area contributed by atoms with E-state index in [4.69, 9.17) is 5.73 Å². The van der Waals surface area contributed by atoms with E-state index in [1.807, 2.05) is 11.8 Å². The molecular weight excluding hydrogens is 244 g/mol. The number of hydrogen-bond donors (Lipinski definition) is 2. The van der Waals surface area contributed by atoms with Gasteiger partial charge in [0.1, 0.15) is 0 Å². The van der Waals surface area contributed by atoms with Gasteiger partial charge in [-0.05, 0) is 37.5 Å². The molecule has 1 fully saturated rings. The van der Waals surface area contributed by atoms with Crippen LogP contribution < -0.4 is 11.1 Å². The summed E-state index contributed by atoms with van der Waals surface area (Å²) in [5.41, 5.74) is 6.00. The maximum absolute atomic E-state index is 12.1. The van der Waals surface area contributed by atoms with Gasteiger partial charge in [-0.15, -0.1) is 0 Å². The SMILES string of the molecule is CCSCC(C)NC(=O)CC1(CN)CCCCC1. The minimum atomic E-state index is 0.0833. The normalized spacial score (nSPS) is 20.4. The molecule has 0 spiro atoms. The van der Waals surface area contributed by atoms with E-state index in [0.29, 0.717) is 13.0 Å². The van der Waals surface area contributed by atoms with E-state index in [0.717, 1.165) is 24.3 Å². The largest absolute Gasteiger partial charge is 0.353 e. The molecule has 4 heteroatoms. The Bertz CT molecular complexity index is 252. The van der Waals surface area contributed by atoms with Crippen LogP contribution in [0, 0.1) is 5.41 Å². The van der Waals surface area contributed by atoms with Crippen molar-refractivity contribution in [2.24, 2.45) is 11.1 Å². The average Bonchev–Trinajstić information content (AvgIpc) is 2.37. The third-order valence-corrected chi connectivity index (χ3v) is 5.01. The van der Waals surface area contributed by atoms with Gasteiger partial charge in [0, 0.05) is 18.2 Å². The zero-order valence-corrected chi connectivity index (χ0v) is 12.7. The predicted molar refractivity (Wildman–Crippen MR) is 79.8 cm³/mol. The van der Waals surface area contributed by atoms with Gasteiger partial charge in [-0.25, -0.2) is 0 Å². The molecule has 0 radical (unpaired) electrons. The maximum atomic E-state index is 12.1. The Morgan fingerprint density at radius 2 is 2.06 bits per heavy atom. The molecule has 0 bridgehead atoms. The molecule has 0 aromatic carbocycles. The number of carbonyl (C=O) groups excluding carboxylic acids is 1. The van der Waals surface area contributed by atoms with Crippen molar-refractivity contribution in [3.63, 3.8) is 0 Å². The van der Waals surface area contributed by atoms with Crippen molar-refractivity contribution >= 4 is 17.7 Å². The molecular formula is C14H28N2OS. The fraction of sp³-hybridized carbons (Fsp3) is 0.929. The van der Waals surface area contributed by atoms with Crippen molar-refractivity contribution in [1.82, 2.24) is 5.32 Å². The van der Waals surface area contributed by atoms with Gasteiger partial charge in [0.15, 0.2) is 0 Å². The minimum Gasteiger partial charge on any atom is -0.353 e. The standard InChI is InChI=1S/C14H28N2OS/c1-3-18-10-12(2)16-13(17)9-14(11-15)7-5-4-6-8-14/h12H,3-11,15H2,1-2H3,(H,16,17). The van der Waals surface area contributed by atoms with Gasteiger partial charge in [0.25, 0.3) is 0 Å². The highest BCUT2D eigenvalue weighted by Crippen LogP contribution is 2.38. The Balaban J connectivity index is 2.37. The van der Waals surface area contributed by atoms with Gasteiger partial charge in [0.05, 0.1) is 0 Å². The summed E-state index contributed by atoms with van der Waals surface area (Å²) < 4.78 is 0. The Labute approximate surface area is 116 Å². The molecule has 1 aliphatic rings. The first kappa shape index (κ1) is 15.8. The highest BCUT2D eigenvalue weighted by molar-refractivity contribution is 7.99. The van der Waals surface area contributed by atoms with Crippen LogP contribution in [0.3, 0.4) is 0 Å². The minimum absolute atomic E-state index is 0.0833. The first-order valence-corrected chi connectivity index (χ1v) is 8.34. The summed E-state index contributed by atoms with van der Waals surface area (Å²) in [7, 11) is 0. The highest BCUT2D eigenvalue weighted by Gasteiger charge is 2.33. The number of nitrogens with one attached hydrogen (secondary N) is 1. The van der Waals surface area contributed by atoms with Crippen molar-refractivity contribution in [3.05, 3.63) is 0 Å². The van der Waals surface area contributed by atoms with Crippen molar-refractivity contribution in [2.75, 3.05) is 18.1 Å². The summed E-state index contributed by atoms with van der Waals surface area (Å²) in [5, 5.41) is 3.11. The van der Waals surface area contributed by atoms with Gasteiger partial charge in [-0.3, -0.25) is 4.79 Å². The first-order valence-electron chi connectivity index (χ1n) is 7.19. The lowest BCUT2D eigenvalue weighted by molar-refractivity contribution is -0.124. The fourth-order valence-corrected chi connectivity index (χ4v) is 3.43. The highest BCUT2D eigenvalue weighted by atomic mass is 32.2. The lowest BCUT2D eigenvalue weighted by Crippen LogP contribution is -2.41. The summed E-state index contributed by atoms with van der Waals surface area (Å²) in [6, 6.07) is 0.265. The molecule has 1 rings (SSSR count). The molecule has 0 saturated heterocycles. The second kappa shape index (κ2) is 8.05. The zero-order valence-electron chi connectivity index (χ0n) is 11.8. The molecule has 18 heavy (non-hydrogen) atoms. The summed E-state index contributed by atoms with van der Waals surface area (Å²) in [6.07, 6.45) is 6.61. The van der Waals surface area contributed by atoms with Crippen LogP contribution in [0.25, 0.3) is 0 Å². The predicted octanol–water partition coefficient (Wildman–Crippen LogP) is 2.54. The number of hydrogen-bond acceptors (Lipinski definition) is 3. The molecule has 1 unspecified atom stereocenters. The van der Waals surface area contributed by atoms with Gasteiger partial charge >= 0.3 is 0 Å². The fourth-order valence-electron chi connectivity index (χ4n) is 2.76. The molecule has 1 saturated carbocycles. The van der Waals surface area contributed by atoms with Gasteiger partial charge < -0.3 is 11.1 Å². The summed E-state index contributed by atoms with van der Waals surface area (Å²) in [4.78, 5) is 12.1. The van der Waals surface area contributed by atoms with Gasteiger partial charge in [-0.1, -0.05) is 26.2 Å². The third-order valence-electron chi connectivity index (χ3n) is 3.86. The van der Waals surface area contributed by atoms with Crippen LogP contribution >= 0.6 is 11.8 Å². The van der Waals surface area contributed by atoms with E-state index in [2.05, 4.69) is 19.2 Å². The smallest absolute Gasteiger partial charge is 0.220 e. The Morgan fingerprint density at radius 1 is 1.39 bits per heavy atom. The topological polar surface area (TPSA) is 55.1 Å². The number of amides is 1. The van der Waals surface area contributed by atoms with E-state index < -0.39 is 0 Å². The molecule has 1 aliphatic carbocycles. The molecule has 106 valence electrons. The van der Waals surface area contributed by atoms with Crippen LogP contribution in [-0.2, 0) is 4.79 Å². The Hall–Kier alpha value is -0.220. The molecule has 0 aliphatic heterocycles. The van der Waals surface area contributed by atoms with Crippen LogP contribution in [-0.4, -0.2) is 30.0 Å². The van der Waals surface area contributed by atoms with Crippen LogP contribution in [0.1, 0.15) is 52.4 Å². The van der Waals surface area contributed by atoms with E-state index in [1.165, 1.54) is 19.3 Å². The van der Waals surface area contributed by atoms with Crippen LogP contribution in [0.5, 0.6) is 0 Å². The Kier molecular flexibility index (Phi) is 7.08. The van der Waals surface area contributed by atoms with Gasteiger partial charge in [0.2, 0.25) is 5.91 Å². The van der Waals surface area contributed by atoms with Crippen molar-refractivity contribution < 1.29 is 4.79 Å². The molecule has 3 N–H and O–H groups in total. The van der Waals surface area contributed by atoms with Crippen molar-refractivity contribution in [1.29, 1.82) is 0 Å². The quantitative estimate of drug-likeness (QED) is 0.749. The molecule has 3 nitrogen and oxygen atoms in total.